The summed E-state index contributed by atoms with van der Waals surface area (Å²) in [6, 6.07) is -0.0845. The van der Waals surface area contributed by atoms with Crippen LogP contribution < -0.4 is 5.73 Å². The van der Waals surface area contributed by atoms with E-state index >= 15 is 0 Å². The average Bonchev–Trinajstić information content (AvgIpc) is 2.58. The summed E-state index contributed by atoms with van der Waals surface area (Å²) in [6.45, 7) is 4.24. The number of nitrogens with one attached hydrogen (secondary N) is 1. The highest BCUT2D eigenvalue weighted by atomic mass is 15.5. The minimum Gasteiger partial charge on any atom is -0.321 e. The summed E-state index contributed by atoms with van der Waals surface area (Å²) in [4.78, 5) is 0. The van der Waals surface area contributed by atoms with Gasteiger partial charge in [-0.1, -0.05) is 31.9 Å². The first-order valence-corrected chi connectivity index (χ1v) is 4.28. The smallest absolute Gasteiger partial charge is 0.191 e. The van der Waals surface area contributed by atoms with Crippen molar-refractivity contribution in [3.63, 3.8) is 0 Å². The van der Waals surface area contributed by atoms with Crippen LogP contribution in [0.4, 0.5) is 0 Å². The second-order valence-electron chi connectivity index (χ2n) is 2.87. The Morgan fingerprint density at radius 2 is 2.08 bits per heavy atom. The van der Waals surface area contributed by atoms with Gasteiger partial charge >= 0.3 is 0 Å². The predicted molar refractivity (Wildman–Crippen MR) is 45.2 cm³/mol. The number of nitrogens with zero attached hydrogens (tertiary/aromatic N) is 3. The molecule has 1 atom stereocenters. The fourth-order valence-corrected chi connectivity index (χ4v) is 1.32. The maximum absolute atomic E-state index is 5.92. The molecule has 0 amide bonds. The van der Waals surface area contributed by atoms with Crippen LogP contribution in [0.5, 0.6) is 0 Å². The number of aromatic nitrogens is 4. The van der Waals surface area contributed by atoms with E-state index in [0.717, 1.165) is 12.8 Å². The summed E-state index contributed by atoms with van der Waals surface area (Å²) < 4.78 is 0. The van der Waals surface area contributed by atoms with Crippen molar-refractivity contribution in [1.29, 1.82) is 0 Å². The number of nitrogens with two attached hydrogens (primary N) is 1. The van der Waals surface area contributed by atoms with E-state index in [4.69, 9.17) is 5.73 Å². The molecule has 5 nitrogen and oxygen atoms in total. The molecule has 0 radical (unpaired) electrons. The summed E-state index contributed by atoms with van der Waals surface area (Å²) in [6.07, 6.45) is 2.10. The highest BCUT2D eigenvalue weighted by Gasteiger charge is 2.19. The Hall–Kier alpha value is -0.970. The molecule has 0 saturated heterocycles. The van der Waals surface area contributed by atoms with E-state index in [1.54, 1.807) is 0 Å². The largest absolute Gasteiger partial charge is 0.321 e. The quantitative estimate of drug-likeness (QED) is 0.693. The highest BCUT2D eigenvalue weighted by Crippen LogP contribution is 2.21. The molecule has 0 fully saturated rings. The van der Waals surface area contributed by atoms with Crippen LogP contribution in [0, 0.1) is 5.92 Å². The molecule has 0 bridgehead atoms. The molecule has 68 valence electrons. The molecule has 1 aromatic heterocycles. The number of aromatic amines is 1. The van der Waals surface area contributed by atoms with E-state index in [1.165, 1.54) is 0 Å². The van der Waals surface area contributed by atoms with E-state index in [0.29, 0.717) is 11.7 Å². The number of hydrogen-bond donors (Lipinski definition) is 2. The third-order valence-corrected chi connectivity index (χ3v) is 2.22. The van der Waals surface area contributed by atoms with Crippen molar-refractivity contribution in [2.45, 2.75) is 32.7 Å². The van der Waals surface area contributed by atoms with Crippen molar-refractivity contribution < 1.29 is 0 Å². The molecule has 1 unspecified atom stereocenters. The van der Waals surface area contributed by atoms with Gasteiger partial charge in [0.05, 0.1) is 6.04 Å². The second-order valence-corrected chi connectivity index (χ2v) is 2.87. The lowest BCUT2D eigenvalue weighted by Gasteiger charge is -2.17. The average molecular weight is 169 g/mol. The van der Waals surface area contributed by atoms with E-state index in [1.807, 2.05) is 0 Å². The van der Waals surface area contributed by atoms with Crippen LogP contribution in [0.15, 0.2) is 0 Å². The Morgan fingerprint density at radius 3 is 2.50 bits per heavy atom. The highest BCUT2D eigenvalue weighted by molar-refractivity contribution is 4.90. The first-order valence-electron chi connectivity index (χ1n) is 4.28. The molecule has 0 aliphatic carbocycles. The maximum atomic E-state index is 5.92. The number of rotatable bonds is 4. The lowest BCUT2D eigenvalue weighted by Crippen LogP contribution is -2.21. The Morgan fingerprint density at radius 1 is 1.42 bits per heavy atom. The third-order valence-electron chi connectivity index (χ3n) is 2.22. The maximum Gasteiger partial charge on any atom is 0.191 e. The Balaban J connectivity index is 2.63. The molecule has 12 heavy (non-hydrogen) atoms. The minimum absolute atomic E-state index is 0.0845. The molecular formula is C7H15N5. The Kier molecular flexibility index (Phi) is 3.16. The van der Waals surface area contributed by atoms with Crippen molar-refractivity contribution >= 4 is 0 Å². The van der Waals surface area contributed by atoms with E-state index in [9.17, 15) is 0 Å². The molecule has 0 spiro atoms. The van der Waals surface area contributed by atoms with E-state index < -0.39 is 0 Å². The summed E-state index contributed by atoms with van der Waals surface area (Å²) >= 11 is 0. The van der Waals surface area contributed by atoms with Crippen molar-refractivity contribution in [1.82, 2.24) is 20.6 Å². The normalized spacial score (nSPS) is 13.7. The molecule has 0 aromatic carbocycles. The van der Waals surface area contributed by atoms with E-state index in [2.05, 4.69) is 34.5 Å². The number of tetrazole rings is 1. The van der Waals surface area contributed by atoms with Crippen LogP contribution in [-0.2, 0) is 0 Å². The monoisotopic (exact) mass is 169 g/mol. The third kappa shape index (κ3) is 1.79. The van der Waals surface area contributed by atoms with Crippen LogP contribution >= 0.6 is 0 Å². The van der Waals surface area contributed by atoms with Gasteiger partial charge in [0, 0.05) is 0 Å². The molecule has 0 saturated carbocycles. The van der Waals surface area contributed by atoms with Crippen LogP contribution in [0.25, 0.3) is 0 Å². The zero-order valence-electron chi connectivity index (χ0n) is 7.49. The van der Waals surface area contributed by atoms with Crippen molar-refractivity contribution in [3.05, 3.63) is 5.82 Å². The fraction of sp³-hybridized carbons (Fsp3) is 0.857. The molecule has 1 rings (SSSR count). The van der Waals surface area contributed by atoms with Gasteiger partial charge in [0.15, 0.2) is 5.82 Å². The van der Waals surface area contributed by atoms with Gasteiger partial charge < -0.3 is 5.73 Å². The van der Waals surface area contributed by atoms with Crippen molar-refractivity contribution in [2.75, 3.05) is 0 Å². The molecular weight excluding hydrogens is 154 g/mol. The molecule has 1 heterocycles. The molecule has 0 aliphatic heterocycles. The Labute approximate surface area is 71.7 Å². The zero-order chi connectivity index (χ0) is 8.97. The summed E-state index contributed by atoms with van der Waals surface area (Å²) in [5.41, 5.74) is 5.92. The van der Waals surface area contributed by atoms with Crippen molar-refractivity contribution in [2.24, 2.45) is 11.7 Å². The second kappa shape index (κ2) is 4.15. The number of H-pyrrole nitrogens is 1. The molecule has 3 N–H and O–H groups in total. The topological polar surface area (TPSA) is 80.5 Å². The van der Waals surface area contributed by atoms with Crippen LogP contribution in [0.2, 0.25) is 0 Å². The van der Waals surface area contributed by atoms with Gasteiger partial charge in [-0.25, -0.2) is 0 Å². The molecule has 1 aromatic rings. The van der Waals surface area contributed by atoms with Gasteiger partial charge in [-0.05, 0) is 5.92 Å². The first kappa shape index (κ1) is 9.12. The van der Waals surface area contributed by atoms with Crippen LogP contribution in [-0.4, -0.2) is 20.6 Å². The van der Waals surface area contributed by atoms with Gasteiger partial charge in [-0.15, -0.1) is 10.2 Å². The fourth-order valence-electron chi connectivity index (χ4n) is 1.32. The lowest BCUT2D eigenvalue weighted by molar-refractivity contribution is 0.391. The number of hydrogen-bond acceptors (Lipinski definition) is 4. The standard InChI is InChI=1S/C7H15N5/c1-3-5(4-2)6(8)7-9-11-12-10-7/h5-6H,3-4,8H2,1-2H3,(H,9,10,11,12). The van der Waals surface area contributed by atoms with Gasteiger partial charge in [0.25, 0.3) is 0 Å². The summed E-state index contributed by atoms with van der Waals surface area (Å²) in [7, 11) is 0. The van der Waals surface area contributed by atoms with E-state index in [-0.39, 0.29) is 6.04 Å². The zero-order valence-corrected chi connectivity index (χ0v) is 7.49. The van der Waals surface area contributed by atoms with Gasteiger partial charge in [-0.3, -0.25) is 0 Å². The molecule has 0 aliphatic rings. The van der Waals surface area contributed by atoms with Gasteiger partial charge in [-0.2, -0.15) is 5.21 Å². The van der Waals surface area contributed by atoms with Gasteiger partial charge in [0.2, 0.25) is 0 Å². The van der Waals surface area contributed by atoms with Crippen molar-refractivity contribution in [3.8, 4) is 0 Å². The predicted octanol–water partition coefficient (Wildman–Crippen LogP) is 0.636. The SMILES string of the molecule is CCC(CC)C(N)c1nn[nH]n1. The molecule has 5 heteroatoms. The lowest BCUT2D eigenvalue weighted by atomic mass is 9.94. The summed E-state index contributed by atoms with van der Waals surface area (Å²) in [5, 5.41) is 13.6. The minimum atomic E-state index is -0.0845. The Bertz CT molecular complexity index is 204. The summed E-state index contributed by atoms with van der Waals surface area (Å²) in [5.74, 6) is 1.06. The van der Waals surface area contributed by atoms with Gasteiger partial charge in [0.1, 0.15) is 0 Å². The first-order chi connectivity index (χ1) is 5.79. The van der Waals surface area contributed by atoms with Crippen LogP contribution in [0.3, 0.4) is 0 Å². The van der Waals surface area contributed by atoms with Crippen LogP contribution in [0.1, 0.15) is 38.6 Å².